The van der Waals surface area contributed by atoms with Gasteiger partial charge in [0.15, 0.2) is 0 Å². The topological polar surface area (TPSA) is 164 Å². The third-order valence-electron chi connectivity index (χ3n) is 3.52. The first-order valence-corrected chi connectivity index (χ1v) is 7.82. The molecule has 130 valence electrons. The number of hydroxylamine groups is 2. The Balaban J connectivity index is 0.00000288. The number of nitrogens with zero attached hydrogens (tertiary/aromatic N) is 3. The molecule has 2 heterocycles. The number of hydrogen-bond acceptors (Lipinski definition) is 7. The van der Waals surface area contributed by atoms with Gasteiger partial charge in [0, 0.05) is 6.92 Å². The normalized spacial score (nSPS) is 26.7. The van der Waals surface area contributed by atoms with Crippen LogP contribution in [0.15, 0.2) is 0 Å². The van der Waals surface area contributed by atoms with Crippen molar-refractivity contribution in [1.29, 1.82) is 0 Å². The van der Waals surface area contributed by atoms with E-state index in [0.717, 1.165) is 6.92 Å². The van der Waals surface area contributed by atoms with Crippen molar-refractivity contribution in [3.63, 3.8) is 0 Å². The number of imide groups is 2. The predicted molar refractivity (Wildman–Crippen MR) is 78.5 cm³/mol. The summed E-state index contributed by atoms with van der Waals surface area (Å²) >= 11 is 0. The van der Waals surface area contributed by atoms with Gasteiger partial charge in [0.1, 0.15) is 32.2 Å². The van der Waals surface area contributed by atoms with Gasteiger partial charge in [0.05, 0.1) is 0 Å². The summed E-state index contributed by atoms with van der Waals surface area (Å²) in [5, 5.41) is 13.8. The average Bonchev–Trinajstić information content (AvgIpc) is 2.63. The first-order valence-electron chi connectivity index (χ1n) is 6.42. The summed E-state index contributed by atoms with van der Waals surface area (Å²) in [6, 6.07) is -1.73. The van der Waals surface area contributed by atoms with Crippen LogP contribution in [0.2, 0.25) is 0 Å². The molecule has 0 spiro atoms. The van der Waals surface area contributed by atoms with E-state index in [4.69, 9.17) is 4.55 Å². The number of carbonyl (C=O) groups excluding carboxylic acids is 4. The Bertz CT molecular complexity index is 689. The van der Waals surface area contributed by atoms with E-state index in [2.05, 4.69) is 5.32 Å². The third-order valence-corrected chi connectivity index (χ3v) is 4.66. The number of quaternary nitrogens is 1. The van der Waals surface area contributed by atoms with Gasteiger partial charge in [-0.3, -0.25) is 24.2 Å². The first kappa shape index (κ1) is 21.0. The predicted octanol–water partition coefficient (Wildman–Crippen LogP) is -3.24. The van der Waals surface area contributed by atoms with E-state index in [1.54, 1.807) is 0 Å². The van der Waals surface area contributed by atoms with Crippen molar-refractivity contribution < 1.29 is 36.2 Å². The second-order valence-electron chi connectivity index (χ2n) is 5.26. The zero-order valence-corrected chi connectivity index (χ0v) is 12.8. The number of hydrogen-bond donors (Lipinski definition) is 2. The van der Waals surface area contributed by atoms with Crippen molar-refractivity contribution in [3.8, 4) is 0 Å². The van der Waals surface area contributed by atoms with Gasteiger partial charge in [0.2, 0.25) is 11.8 Å². The molecule has 2 N–H and O–H groups in total. The number of carbonyl (C=O) groups is 4. The Kier molecular flexibility index (Phi) is 6.14. The average molecular weight is 374 g/mol. The molecule has 0 bridgehead atoms. The SMILES string of the molecule is CC(=O)N1CC(=O)N(CC(=O)NC2C[N+]([O-])(S(=O)(=O)O)C2)C1=O.[NaH]. The molecule has 0 saturated carbocycles. The Morgan fingerprint density at radius 1 is 1.38 bits per heavy atom. The van der Waals surface area contributed by atoms with Crippen LogP contribution in [-0.4, -0.2) is 112 Å². The van der Waals surface area contributed by atoms with Crippen LogP contribution in [-0.2, 0) is 24.7 Å². The van der Waals surface area contributed by atoms with Gasteiger partial charge in [-0.25, -0.2) is 13.4 Å². The van der Waals surface area contributed by atoms with Gasteiger partial charge in [0.25, 0.3) is 5.91 Å². The standard InChI is InChI=1S/C10H14N4O8S.Na.H/c1-6(15)12-3-9(17)13(10(12)18)2-8(16)11-7-4-14(19,5-7)23(20,21)22;;/h7H,2-5H2,1H3,(H,11,16)(H,20,21,22);;. The summed E-state index contributed by atoms with van der Waals surface area (Å²) in [6.07, 6.45) is 0. The zero-order valence-electron chi connectivity index (χ0n) is 12.0. The number of nitrogens with one attached hydrogen (secondary N) is 1. The van der Waals surface area contributed by atoms with E-state index in [9.17, 15) is 32.8 Å². The summed E-state index contributed by atoms with van der Waals surface area (Å²) < 4.78 is 28.4. The summed E-state index contributed by atoms with van der Waals surface area (Å²) in [7, 11) is -4.82. The molecule has 0 aromatic rings. The molecule has 14 heteroatoms. The minimum atomic E-state index is -4.82. The molecule has 5 amide bonds. The zero-order chi connectivity index (χ0) is 17.6. The van der Waals surface area contributed by atoms with Crippen LogP contribution in [0.5, 0.6) is 0 Å². The van der Waals surface area contributed by atoms with Crippen LogP contribution < -0.4 is 5.32 Å². The van der Waals surface area contributed by atoms with Crippen LogP contribution in [0.4, 0.5) is 4.79 Å². The minimum absolute atomic E-state index is 0. The van der Waals surface area contributed by atoms with E-state index >= 15 is 0 Å². The molecule has 0 radical (unpaired) electrons. The quantitative estimate of drug-likeness (QED) is 0.170. The number of rotatable bonds is 4. The second-order valence-corrected chi connectivity index (χ2v) is 6.82. The molecule has 2 saturated heterocycles. The maximum absolute atomic E-state index is 11.8. The molecule has 2 aliphatic rings. The fraction of sp³-hybridized carbons (Fsp3) is 0.600. The molecule has 0 unspecified atom stereocenters. The van der Waals surface area contributed by atoms with Gasteiger partial charge in [-0.2, -0.15) is 0 Å². The molecule has 0 atom stereocenters. The van der Waals surface area contributed by atoms with Crippen LogP contribution in [0, 0.1) is 5.21 Å². The van der Waals surface area contributed by atoms with Crippen molar-refractivity contribution >= 4 is 63.6 Å². The third kappa shape index (κ3) is 3.93. The monoisotopic (exact) mass is 374 g/mol. The molecule has 2 aliphatic heterocycles. The summed E-state index contributed by atoms with van der Waals surface area (Å²) in [4.78, 5) is 47.5. The Morgan fingerprint density at radius 2 is 1.92 bits per heavy atom. The Hall–Kier alpha value is -1.09. The van der Waals surface area contributed by atoms with E-state index < -0.39 is 70.3 Å². The number of amides is 5. The van der Waals surface area contributed by atoms with Gasteiger partial charge in [-0.15, -0.1) is 8.42 Å². The van der Waals surface area contributed by atoms with Crippen LogP contribution >= 0.6 is 0 Å². The fourth-order valence-electron chi connectivity index (χ4n) is 2.26. The summed E-state index contributed by atoms with van der Waals surface area (Å²) in [5.41, 5.74) is 0. The van der Waals surface area contributed by atoms with E-state index in [-0.39, 0.29) is 29.6 Å². The molecule has 24 heavy (non-hydrogen) atoms. The van der Waals surface area contributed by atoms with Crippen LogP contribution in [0.1, 0.15) is 6.92 Å². The van der Waals surface area contributed by atoms with Crippen LogP contribution in [0.25, 0.3) is 0 Å². The van der Waals surface area contributed by atoms with Gasteiger partial charge < -0.3 is 10.5 Å². The summed E-state index contributed by atoms with van der Waals surface area (Å²) in [6.45, 7) is -1.15. The Morgan fingerprint density at radius 3 is 2.33 bits per heavy atom. The van der Waals surface area contributed by atoms with Crippen molar-refractivity contribution in [3.05, 3.63) is 5.21 Å². The second kappa shape index (κ2) is 7.03. The molecule has 0 aromatic carbocycles. The van der Waals surface area contributed by atoms with Crippen molar-refractivity contribution in [1.82, 2.24) is 15.1 Å². The van der Waals surface area contributed by atoms with E-state index in [1.165, 1.54) is 0 Å². The van der Waals surface area contributed by atoms with Gasteiger partial charge in [-0.1, -0.05) is 0 Å². The van der Waals surface area contributed by atoms with Gasteiger partial charge in [-0.05, 0) is 0 Å². The van der Waals surface area contributed by atoms with Crippen molar-refractivity contribution in [2.75, 3.05) is 26.2 Å². The Labute approximate surface area is 159 Å². The molecule has 12 nitrogen and oxygen atoms in total. The van der Waals surface area contributed by atoms with Gasteiger partial charge >= 0.3 is 45.9 Å². The number of urea groups is 1. The van der Waals surface area contributed by atoms with Crippen LogP contribution in [0.3, 0.4) is 0 Å². The molecule has 2 rings (SSSR count). The van der Waals surface area contributed by atoms with E-state index in [1.807, 2.05) is 0 Å². The molecule has 0 aromatic heterocycles. The fourth-order valence-corrected chi connectivity index (χ4v) is 2.99. The van der Waals surface area contributed by atoms with Crippen molar-refractivity contribution in [2.24, 2.45) is 0 Å². The molecular formula is C10H15N4NaO8S. The van der Waals surface area contributed by atoms with Crippen molar-refractivity contribution in [2.45, 2.75) is 13.0 Å². The summed E-state index contributed by atoms with van der Waals surface area (Å²) in [5.74, 6) is -2.14. The molecular weight excluding hydrogens is 359 g/mol. The molecule has 0 aliphatic carbocycles. The molecule has 2 fully saturated rings. The van der Waals surface area contributed by atoms with E-state index in [0.29, 0.717) is 9.80 Å². The first-order chi connectivity index (χ1) is 10.4. The maximum atomic E-state index is 11.8.